The molecule has 0 amide bonds. The molecule has 0 aromatic heterocycles. The highest BCUT2D eigenvalue weighted by Crippen LogP contribution is 2.16. The monoisotopic (exact) mass is 301 g/mol. The van der Waals surface area contributed by atoms with E-state index in [-0.39, 0.29) is 0 Å². The molecule has 0 aliphatic heterocycles. The number of benzene rings is 1. The maximum Gasteiger partial charge on any atom is -0.00185 e. The first-order valence-electron chi connectivity index (χ1n) is 9.19. The quantitative estimate of drug-likeness (QED) is 0.422. The van der Waals surface area contributed by atoms with Gasteiger partial charge in [0.25, 0.3) is 0 Å². The van der Waals surface area contributed by atoms with Gasteiger partial charge in [0.15, 0.2) is 0 Å². The smallest absolute Gasteiger partial charge is 0.00185 e. The third-order valence-electron chi connectivity index (χ3n) is 4.38. The lowest BCUT2D eigenvalue weighted by Gasteiger charge is -2.23. The molecule has 0 spiro atoms. The predicted octanol–water partition coefficient (Wildman–Crippen LogP) is 5.71. The molecule has 1 aromatic carbocycles. The van der Waals surface area contributed by atoms with Gasteiger partial charge in [-0.2, -0.15) is 0 Å². The lowest BCUT2D eigenvalue weighted by molar-refractivity contribution is 0.256. The fourth-order valence-electron chi connectivity index (χ4n) is 2.90. The van der Waals surface area contributed by atoms with Gasteiger partial charge in [0.1, 0.15) is 0 Å². The fraction of sp³-hybridized carbons (Fsp3) is 0.619. The molecule has 1 nitrogen and oxygen atoms in total. The first-order valence-corrected chi connectivity index (χ1v) is 9.19. The van der Waals surface area contributed by atoms with E-state index in [1.54, 1.807) is 0 Å². The Morgan fingerprint density at radius 3 is 2.09 bits per heavy atom. The molecule has 0 saturated carbocycles. The summed E-state index contributed by atoms with van der Waals surface area (Å²) in [5, 5.41) is 0. The standard InChI is InChI=1S/C21H35N/c1-4-7-16-22(17-8-5-2)18-12-15-20(6-3)19-21-13-10-9-11-14-21/h6,9-11,13-14,20H,3-5,7-8,12,15-19H2,1-2H3. The maximum atomic E-state index is 4.04. The molecule has 0 N–H and O–H groups in total. The Hall–Kier alpha value is -1.08. The first-order chi connectivity index (χ1) is 10.8. The van der Waals surface area contributed by atoms with Crippen LogP contribution in [0.25, 0.3) is 0 Å². The molecule has 0 saturated heterocycles. The van der Waals surface area contributed by atoms with E-state index >= 15 is 0 Å². The molecule has 1 atom stereocenters. The summed E-state index contributed by atoms with van der Waals surface area (Å²) in [6, 6.07) is 10.8. The SMILES string of the molecule is C=CC(CCCN(CCCC)CCCC)Cc1ccccc1. The molecule has 1 heteroatoms. The maximum absolute atomic E-state index is 4.04. The van der Waals surface area contributed by atoms with Crippen LogP contribution in [0.1, 0.15) is 57.9 Å². The Kier molecular flexibility index (Phi) is 10.7. The number of hydrogen-bond donors (Lipinski definition) is 0. The lowest BCUT2D eigenvalue weighted by Crippen LogP contribution is -2.27. The van der Waals surface area contributed by atoms with E-state index in [0.29, 0.717) is 5.92 Å². The molecular weight excluding hydrogens is 266 g/mol. The van der Waals surface area contributed by atoms with Gasteiger partial charge in [-0.05, 0) is 63.2 Å². The Balaban J connectivity index is 2.32. The van der Waals surface area contributed by atoms with Crippen molar-refractivity contribution in [2.24, 2.45) is 5.92 Å². The summed E-state index contributed by atoms with van der Waals surface area (Å²) in [6.45, 7) is 12.4. The van der Waals surface area contributed by atoms with Gasteiger partial charge >= 0.3 is 0 Å². The lowest BCUT2D eigenvalue weighted by atomic mass is 9.95. The zero-order valence-corrected chi connectivity index (χ0v) is 14.8. The molecule has 0 radical (unpaired) electrons. The molecule has 0 aliphatic carbocycles. The van der Waals surface area contributed by atoms with E-state index in [9.17, 15) is 0 Å². The van der Waals surface area contributed by atoms with Crippen LogP contribution in [0.4, 0.5) is 0 Å². The van der Waals surface area contributed by atoms with Gasteiger partial charge in [-0.1, -0.05) is 63.1 Å². The molecule has 0 aliphatic rings. The average molecular weight is 302 g/mol. The highest BCUT2D eigenvalue weighted by molar-refractivity contribution is 5.16. The first kappa shape index (κ1) is 19.0. The van der Waals surface area contributed by atoms with Gasteiger partial charge in [0, 0.05) is 0 Å². The van der Waals surface area contributed by atoms with Crippen molar-refractivity contribution >= 4 is 0 Å². The van der Waals surface area contributed by atoms with Gasteiger partial charge in [0.2, 0.25) is 0 Å². The zero-order chi connectivity index (χ0) is 16.0. The Morgan fingerprint density at radius 2 is 1.55 bits per heavy atom. The second kappa shape index (κ2) is 12.5. The summed E-state index contributed by atoms with van der Waals surface area (Å²) >= 11 is 0. The molecule has 0 fully saturated rings. The van der Waals surface area contributed by atoms with Crippen LogP contribution < -0.4 is 0 Å². The van der Waals surface area contributed by atoms with Gasteiger partial charge < -0.3 is 4.90 Å². The summed E-state index contributed by atoms with van der Waals surface area (Å²) in [5.74, 6) is 0.613. The minimum Gasteiger partial charge on any atom is -0.303 e. The van der Waals surface area contributed by atoms with E-state index in [2.05, 4.69) is 61.7 Å². The van der Waals surface area contributed by atoms with Crippen LogP contribution in [-0.4, -0.2) is 24.5 Å². The zero-order valence-electron chi connectivity index (χ0n) is 14.8. The molecule has 0 heterocycles. The van der Waals surface area contributed by atoms with Gasteiger partial charge in [-0.25, -0.2) is 0 Å². The normalized spacial score (nSPS) is 12.5. The van der Waals surface area contributed by atoms with Gasteiger partial charge in [0.05, 0.1) is 0 Å². The van der Waals surface area contributed by atoms with Crippen LogP contribution >= 0.6 is 0 Å². The van der Waals surface area contributed by atoms with Crippen molar-refractivity contribution in [2.75, 3.05) is 19.6 Å². The molecular formula is C21H35N. The van der Waals surface area contributed by atoms with Gasteiger partial charge in [-0.3, -0.25) is 0 Å². The Bertz CT molecular complexity index is 363. The highest BCUT2D eigenvalue weighted by atomic mass is 15.1. The van der Waals surface area contributed by atoms with Crippen LogP contribution in [-0.2, 0) is 6.42 Å². The molecule has 1 aromatic rings. The Labute approximate surface area is 138 Å². The summed E-state index contributed by atoms with van der Waals surface area (Å²) < 4.78 is 0. The summed E-state index contributed by atoms with van der Waals surface area (Å²) in [6.07, 6.45) is 11.1. The number of nitrogens with zero attached hydrogens (tertiary/aromatic N) is 1. The third-order valence-corrected chi connectivity index (χ3v) is 4.38. The van der Waals surface area contributed by atoms with Crippen molar-refractivity contribution in [3.8, 4) is 0 Å². The van der Waals surface area contributed by atoms with E-state index in [0.717, 1.165) is 6.42 Å². The van der Waals surface area contributed by atoms with Crippen LogP contribution in [0.15, 0.2) is 43.0 Å². The van der Waals surface area contributed by atoms with Crippen molar-refractivity contribution < 1.29 is 0 Å². The van der Waals surface area contributed by atoms with E-state index in [1.165, 1.54) is 63.7 Å². The van der Waals surface area contributed by atoms with E-state index in [4.69, 9.17) is 0 Å². The van der Waals surface area contributed by atoms with E-state index < -0.39 is 0 Å². The summed E-state index contributed by atoms with van der Waals surface area (Å²) in [7, 11) is 0. The highest BCUT2D eigenvalue weighted by Gasteiger charge is 2.08. The molecule has 0 bridgehead atoms. The second-order valence-corrected chi connectivity index (χ2v) is 6.38. The van der Waals surface area contributed by atoms with Crippen molar-refractivity contribution in [1.82, 2.24) is 4.90 Å². The van der Waals surface area contributed by atoms with Crippen LogP contribution in [0.5, 0.6) is 0 Å². The number of hydrogen-bond acceptors (Lipinski definition) is 1. The topological polar surface area (TPSA) is 3.24 Å². The summed E-state index contributed by atoms with van der Waals surface area (Å²) in [5.41, 5.74) is 1.43. The van der Waals surface area contributed by atoms with Gasteiger partial charge in [-0.15, -0.1) is 6.58 Å². The van der Waals surface area contributed by atoms with E-state index in [1.807, 2.05) is 0 Å². The Morgan fingerprint density at radius 1 is 0.955 bits per heavy atom. The molecule has 1 unspecified atom stereocenters. The van der Waals surface area contributed by atoms with Crippen molar-refractivity contribution in [2.45, 2.75) is 58.8 Å². The molecule has 22 heavy (non-hydrogen) atoms. The predicted molar refractivity (Wildman–Crippen MR) is 99.3 cm³/mol. The molecule has 1 rings (SSSR count). The number of rotatable bonds is 13. The largest absolute Gasteiger partial charge is 0.303 e. The fourth-order valence-corrected chi connectivity index (χ4v) is 2.90. The van der Waals surface area contributed by atoms with Crippen LogP contribution in [0, 0.1) is 5.92 Å². The van der Waals surface area contributed by atoms with Crippen LogP contribution in [0.2, 0.25) is 0 Å². The summed E-state index contributed by atoms with van der Waals surface area (Å²) in [4.78, 5) is 2.66. The van der Waals surface area contributed by atoms with Crippen LogP contribution in [0.3, 0.4) is 0 Å². The minimum absolute atomic E-state index is 0.613. The van der Waals surface area contributed by atoms with Crippen molar-refractivity contribution in [1.29, 1.82) is 0 Å². The average Bonchev–Trinajstić information content (AvgIpc) is 2.56. The van der Waals surface area contributed by atoms with Crippen molar-refractivity contribution in [3.63, 3.8) is 0 Å². The second-order valence-electron chi connectivity index (χ2n) is 6.38. The number of unbranched alkanes of at least 4 members (excludes halogenated alkanes) is 2. The third kappa shape index (κ3) is 8.38. The number of allylic oxidation sites excluding steroid dienone is 1. The van der Waals surface area contributed by atoms with Crippen molar-refractivity contribution in [3.05, 3.63) is 48.6 Å². The molecule has 124 valence electrons. The minimum atomic E-state index is 0.613.